The molecule has 0 radical (unpaired) electrons. The zero-order chi connectivity index (χ0) is 22.8. The highest BCUT2D eigenvalue weighted by molar-refractivity contribution is 7.89. The summed E-state index contributed by atoms with van der Waals surface area (Å²) in [4.78, 5) is 30.4. The molecule has 0 spiro atoms. The van der Waals surface area contributed by atoms with Crippen LogP contribution in [0.1, 0.15) is 20.8 Å². The number of carboxylic acid groups (broad SMARTS) is 1. The predicted molar refractivity (Wildman–Crippen MR) is 111 cm³/mol. The number of aromatic nitrogens is 4. The van der Waals surface area contributed by atoms with Crippen LogP contribution in [0.4, 0.5) is 10.7 Å². The smallest absolute Gasteiger partial charge is 0.323 e. The SMILES string of the molecule is CC(C)(C)NS(=O)(=O)c1cncc(-c2ccc3nc(NC(=O)NCC(=O)O)nn3c2)c1. The van der Waals surface area contributed by atoms with Gasteiger partial charge in [0.2, 0.25) is 10.0 Å². The maximum Gasteiger partial charge on any atom is 0.323 e. The van der Waals surface area contributed by atoms with E-state index in [1.807, 2.05) is 0 Å². The third kappa shape index (κ3) is 5.73. The Morgan fingerprint density at radius 3 is 2.58 bits per heavy atom. The molecule has 12 nitrogen and oxygen atoms in total. The number of hydrogen-bond donors (Lipinski definition) is 4. The van der Waals surface area contributed by atoms with Gasteiger partial charge in [0, 0.05) is 35.3 Å². The van der Waals surface area contributed by atoms with Crippen LogP contribution in [0.3, 0.4) is 0 Å². The van der Waals surface area contributed by atoms with Crippen LogP contribution in [-0.4, -0.2) is 57.2 Å². The fraction of sp³-hybridized carbons (Fsp3) is 0.278. The number of nitrogens with zero attached hydrogens (tertiary/aromatic N) is 4. The summed E-state index contributed by atoms with van der Waals surface area (Å²) in [5, 5.41) is 17.2. The van der Waals surface area contributed by atoms with Crippen molar-refractivity contribution in [1.82, 2.24) is 29.6 Å². The van der Waals surface area contributed by atoms with Gasteiger partial charge in [-0.15, -0.1) is 5.10 Å². The van der Waals surface area contributed by atoms with Crippen LogP contribution in [0, 0.1) is 0 Å². The number of amides is 2. The van der Waals surface area contributed by atoms with Crippen molar-refractivity contribution in [1.29, 1.82) is 0 Å². The summed E-state index contributed by atoms with van der Waals surface area (Å²) in [7, 11) is -3.76. The first-order valence-electron chi connectivity index (χ1n) is 9.05. The third-order valence-corrected chi connectivity index (χ3v) is 5.48. The molecule has 0 aliphatic rings. The molecule has 4 N–H and O–H groups in total. The molecular formula is C18H21N7O5S. The number of carbonyl (C=O) groups is 2. The van der Waals surface area contributed by atoms with Gasteiger partial charge in [-0.2, -0.15) is 4.98 Å². The number of hydrogen-bond acceptors (Lipinski definition) is 7. The Labute approximate surface area is 177 Å². The van der Waals surface area contributed by atoms with E-state index < -0.39 is 34.1 Å². The number of carbonyl (C=O) groups excluding carboxylic acids is 1. The van der Waals surface area contributed by atoms with Gasteiger partial charge in [0.05, 0.1) is 0 Å². The number of aliphatic carboxylic acids is 1. The molecule has 3 aromatic rings. The van der Waals surface area contributed by atoms with E-state index >= 15 is 0 Å². The van der Waals surface area contributed by atoms with E-state index in [0.717, 1.165) is 0 Å². The highest BCUT2D eigenvalue weighted by Gasteiger charge is 2.22. The van der Waals surface area contributed by atoms with Crippen LogP contribution in [0.15, 0.2) is 41.7 Å². The van der Waals surface area contributed by atoms with Crippen molar-refractivity contribution in [2.45, 2.75) is 31.2 Å². The molecule has 0 aliphatic heterocycles. The molecule has 0 bridgehead atoms. The number of carboxylic acids is 1. The molecule has 3 aromatic heterocycles. The lowest BCUT2D eigenvalue weighted by atomic mass is 10.1. The number of anilines is 1. The summed E-state index contributed by atoms with van der Waals surface area (Å²) in [6.07, 6.45) is 4.39. The van der Waals surface area contributed by atoms with Crippen LogP contribution in [0.25, 0.3) is 16.8 Å². The molecule has 3 heterocycles. The van der Waals surface area contributed by atoms with Gasteiger partial charge in [0.25, 0.3) is 5.95 Å². The average Bonchev–Trinajstić information content (AvgIpc) is 3.06. The van der Waals surface area contributed by atoms with Gasteiger partial charge < -0.3 is 10.4 Å². The predicted octanol–water partition coefficient (Wildman–Crippen LogP) is 1.07. The fourth-order valence-corrected chi connectivity index (χ4v) is 4.00. The molecule has 0 fully saturated rings. The van der Waals surface area contributed by atoms with Gasteiger partial charge in [-0.3, -0.25) is 15.1 Å². The van der Waals surface area contributed by atoms with Crippen molar-refractivity contribution in [2.24, 2.45) is 0 Å². The van der Waals surface area contributed by atoms with Gasteiger partial charge >= 0.3 is 12.0 Å². The summed E-state index contributed by atoms with van der Waals surface area (Å²) < 4.78 is 29.1. The Hall–Kier alpha value is -3.58. The summed E-state index contributed by atoms with van der Waals surface area (Å²) in [6.45, 7) is 4.69. The van der Waals surface area contributed by atoms with Crippen LogP contribution in [0.2, 0.25) is 0 Å². The van der Waals surface area contributed by atoms with Crippen molar-refractivity contribution in [3.8, 4) is 11.1 Å². The van der Waals surface area contributed by atoms with Gasteiger partial charge in [-0.25, -0.2) is 22.4 Å². The Bertz CT molecular complexity index is 1250. The minimum absolute atomic E-state index is 0.0241. The monoisotopic (exact) mass is 447 g/mol. The molecule has 2 amide bonds. The topological polar surface area (TPSA) is 168 Å². The minimum atomic E-state index is -3.76. The Morgan fingerprint density at radius 2 is 1.90 bits per heavy atom. The summed E-state index contributed by atoms with van der Waals surface area (Å²) in [5.74, 6) is -1.21. The first-order chi connectivity index (χ1) is 14.4. The highest BCUT2D eigenvalue weighted by Crippen LogP contribution is 2.23. The van der Waals surface area contributed by atoms with Gasteiger partial charge in [-0.05, 0) is 39.0 Å². The maximum atomic E-state index is 12.6. The van der Waals surface area contributed by atoms with E-state index in [9.17, 15) is 18.0 Å². The van der Waals surface area contributed by atoms with Crippen molar-refractivity contribution in [3.63, 3.8) is 0 Å². The van der Waals surface area contributed by atoms with E-state index in [2.05, 4.69) is 30.4 Å². The molecule has 31 heavy (non-hydrogen) atoms. The van der Waals surface area contributed by atoms with Crippen LogP contribution >= 0.6 is 0 Å². The molecule has 0 aliphatic carbocycles. The van der Waals surface area contributed by atoms with E-state index in [1.54, 1.807) is 39.1 Å². The molecule has 0 saturated heterocycles. The minimum Gasteiger partial charge on any atom is -0.480 e. The normalized spacial score (nSPS) is 12.0. The molecule has 13 heteroatoms. The fourth-order valence-electron chi connectivity index (χ4n) is 2.59. The van der Waals surface area contributed by atoms with Gasteiger partial charge in [0.15, 0.2) is 5.65 Å². The number of nitrogens with one attached hydrogen (secondary N) is 3. The third-order valence-electron chi connectivity index (χ3n) is 3.75. The Kier molecular flexibility index (Phi) is 5.90. The molecule has 164 valence electrons. The lowest BCUT2D eigenvalue weighted by Crippen LogP contribution is -2.40. The van der Waals surface area contributed by atoms with Crippen LogP contribution < -0.4 is 15.4 Å². The lowest BCUT2D eigenvalue weighted by molar-refractivity contribution is -0.135. The van der Waals surface area contributed by atoms with E-state index in [0.29, 0.717) is 16.8 Å². The number of urea groups is 1. The molecule has 0 atom stereocenters. The number of rotatable bonds is 6. The van der Waals surface area contributed by atoms with Crippen LogP contribution in [0.5, 0.6) is 0 Å². The second-order valence-corrected chi connectivity index (χ2v) is 9.30. The van der Waals surface area contributed by atoms with Crippen molar-refractivity contribution >= 4 is 33.6 Å². The van der Waals surface area contributed by atoms with Crippen molar-refractivity contribution in [2.75, 3.05) is 11.9 Å². The zero-order valence-electron chi connectivity index (χ0n) is 16.9. The highest BCUT2D eigenvalue weighted by atomic mass is 32.2. The average molecular weight is 447 g/mol. The van der Waals surface area contributed by atoms with Gasteiger partial charge in [0.1, 0.15) is 11.4 Å². The number of sulfonamides is 1. The number of fused-ring (bicyclic) bond motifs is 1. The molecule has 0 aromatic carbocycles. The summed E-state index contributed by atoms with van der Waals surface area (Å²) in [6, 6.07) is 4.09. The second-order valence-electron chi connectivity index (χ2n) is 7.62. The van der Waals surface area contributed by atoms with E-state index in [-0.39, 0.29) is 10.8 Å². The van der Waals surface area contributed by atoms with Crippen LogP contribution in [-0.2, 0) is 14.8 Å². The maximum absolute atomic E-state index is 12.6. The molecule has 0 unspecified atom stereocenters. The number of pyridine rings is 2. The standard InChI is InChI=1S/C18H21N7O5S/c1-18(2,3)24-31(29,30)13-6-12(7-19-8-13)11-4-5-14-21-16(23-25(14)10-11)22-17(28)20-9-15(26)27/h4-8,10,24H,9H2,1-3H3,(H,26,27)(H2,20,22,23,28). The van der Waals surface area contributed by atoms with Crippen molar-refractivity contribution in [3.05, 3.63) is 36.8 Å². The Balaban J connectivity index is 1.85. The second kappa shape index (κ2) is 8.28. The first-order valence-corrected chi connectivity index (χ1v) is 10.5. The van der Waals surface area contributed by atoms with E-state index in [1.165, 1.54) is 23.0 Å². The lowest BCUT2D eigenvalue weighted by Gasteiger charge is -2.20. The first kappa shape index (κ1) is 22.1. The summed E-state index contributed by atoms with van der Waals surface area (Å²) >= 11 is 0. The van der Waals surface area contributed by atoms with Gasteiger partial charge in [-0.1, -0.05) is 0 Å². The quantitative estimate of drug-likeness (QED) is 0.435. The Morgan fingerprint density at radius 1 is 1.16 bits per heavy atom. The zero-order valence-corrected chi connectivity index (χ0v) is 17.8. The molecule has 0 saturated carbocycles. The molecular weight excluding hydrogens is 426 g/mol. The molecule has 3 rings (SSSR count). The largest absolute Gasteiger partial charge is 0.480 e. The van der Waals surface area contributed by atoms with E-state index in [4.69, 9.17) is 5.11 Å². The summed E-state index contributed by atoms with van der Waals surface area (Å²) in [5.41, 5.74) is 0.945. The van der Waals surface area contributed by atoms with Crippen molar-refractivity contribution < 1.29 is 23.1 Å².